The van der Waals surface area contributed by atoms with Crippen LogP contribution in [0.3, 0.4) is 0 Å². The van der Waals surface area contributed by atoms with E-state index >= 15 is 0 Å². The Balaban J connectivity index is 2.17. The van der Waals surface area contributed by atoms with Gasteiger partial charge in [-0.15, -0.1) is 0 Å². The number of rotatable bonds is 7. The third-order valence-electron chi connectivity index (χ3n) is 4.42. The van der Waals surface area contributed by atoms with Crippen molar-refractivity contribution in [2.24, 2.45) is 7.05 Å². The van der Waals surface area contributed by atoms with Gasteiger partial charge in [-0.25, -0.2) is 13.0 Å². The van der Waals surface area contributed by atoms with Crippen molar-refractivity contribution in [3.05, 3.63) is 82.6 Å². The van der Waals surface area contributed by atoms with Crippen LogP contribution >= 0.6 is 0 Å². The molecule has 0 aliphatic rings. The monoisotopic (exact) mass is 445 g/mol. The first-order valence-electron chi connectivity index (χ1n) is 9.14. The molecule has 0 spiro atoms. The predicted molar refractivity (Wildman–Crippen MR) is 120 cm³/mol. The van der Waals surface area contributed by atoms with Gasteiger partial charge in [0.15, 0.2) is 11.6 Å². The van der Waals surface area contributed by atoms with Gasteiger partial charge in [-0.1, -0.05) is 6.58 Å². The molecule has 0 amide bonds. The third kappa shape index (κ3) is 5.00. The third-order valence-corrected chi connectivity index (χ3v) is 5.16. The summed E-state index contributed by atoms with van der Waals surface area (Å²) < 4.78 is 49.2. The van der Waals surface area contributed by atoms with E-state index in [0.717, 1.165) is 12.1 Å². The summed E-state index contributed by atoms with van der Waals surface area (Å²) in [5.74, 6) is -1.46. The first kappa shape index (κ1) is 22.2. The number of halogens is 2. The van der Waals surface area contributed by atoms with Gasteiger partial charge >= 0.3 is 0 Å². The van der Waals surface area contributed by atoms with Gasteiger partial charge in [0.1, 0.15) is 28.2 Å². The lowest BCUT2D eigenvalue weighted by molar-refractivity contribution is 0.439. The van der Waals surface area contributed by atoms with Crippen molar-refractivity contribution in [1.82, 2.24) is 4.57 Å². The maximum Gasteiger partial charge on any atom is 0.273 e. The summed E-state index contributed by atoms with van der Waals surface area (Å²) in [6, 6.07) is 9.54. The summed E-state index contributed by atoms with van der Waals surface area (Å²) >= 11 is 0. The SMILES string of the molecule is C=CS(=O)Nc1ccc(Oc2ccc(F)cc2F)c(-c2cc(N(C)C)c(=O)n(C)c2)c1. The minimum atomic E-state index is -1.51. The number of ether oxygens (including phenoxy) is 1. The lowest BCUT2D eigenvalue weighted by atomic mass is 10.0. The molecule has 0 radical (unpaired) electrons. The van der Waals surface area contributed by atoms with Crippen LogP contribution in [0, 0.1) is 11.6 Å². The first-order valence-corrected chi connectivity index (χ1v) is 10.4. The van der Waals surface area contributed by atoms with Crippen molar-refractivity contribution in [2.45, 2.75) is 0 Å². The largest absolute Gasteiger partial charge is 0.454 e. The van der Waals surface area contributed by atoms with Gasteiger partial charge in [0.25, 0.3) is 5.56 Å². The molecule has 0 bridgehead atoms. The molecule has 1 unspecified atom stereocenters. The molecule has 0 fully saturated rings. The Morgan fingerprint density at radius 3 is 2.48 bits per heavy atom. The zero-order chi connectivity index (χ0) is 22.7. The van der Waals surface area contributed by atoms with E-state index in [9.17, 15) is 17.8 Å². The molecule has 0 saturated heterocycles. The number of nitrogens with one attached hydrogen (secondary N) is 1. The Bertz CT molecular complexity index is 1230. The number of benzene rings is 2. The molecule has 2 aromatic carbocycles. The number of hydrogen-bond donors (Lipinski definition) is 1. The van der Waals surface area contributed by atoms with Gasteiger partial charge < -0.3 is 18.9 Å². The molecular formula is C22H21F2N3O3S. The number of aromatic nitrogens is 1. The highest BCUT2D eigenvalue weighted by atomic mass is 32.2. The second-order valence-electron chi connectivity index (χ2n) is 6.88. The molecule has 0 saturated carbocycles. The molecule has 0 aliphatic heterocycles. The van der Waals surface area contributed by atoms with Crippen LogP contribution in [0.15, 0.2) is 65.4 Å². The minimum absolute atomic E-state index is 0.157. The number of nitrogens with zero attached hydrogens (tertiary/aromatic N) is 2. The zero-order valence-electron chi connectivity index (χ0n) is 17.2. The molecule has 3 aromatic rings. The highest BCUT2D eigenvalue weighted by molar-refractivity contribution is 7.89. The zero-order valence-corrected chi connectivity index (χ0v) is 18.0. The molecule has 31 heavy (non-hydrogen) atoms. The summed E-state index contributed by atoms with van der Waals surface area (Å²) in [4.78, 5) is 14.1. The molecular weight excluding hydrogens is 424 g/mol. The van der Waals surface area contributed by atoms with Crippen molar-refractivity contribution in [1.29, 1.82) is 0 Å². The summed E-state index contributed by atoms with van der Waals surface area (Å²) in [5, 5.41) is 1.24. The maximum absolute atomic E-state index is 14.2. The lowest BCUT2D eigenvalue weighted by Gasteiger charge is -2.18. The summed E-state index contributed by atoms with van der Waals surface area (Å²) in [6.45, 7) is 3.48. The average molecular weight is 445 g/mol. The first-order chi connectivity index (χ1) is 14.7. The van der Waals surface area contributed by atoms with E-state index in [4.69, 9.17) is 4.74 Å². The average Bonchev–Trinajstić information content (AvgIpc) is 2.72. The summed E-state index contributed by atoms with van der Waals surface area (Å²) in [5.41, 5.74) is 1.86. The maximum atomic E-state index is 14.2. The Morgan fingerprint density at radius 1 is 1.13 bits per heavy atom. The topological polar surface area (TPSA) is 63.6 Å². The van der Waals surface area contributed by atoms with E-state index in [-0.39, 0.29) is 17.1 Å². The number of pyridine rings is 1. The molecule has 9 heteroatoms. The van der Waals surface area contributed by atoms with Crippen LogP contribution in [0.25, 0.3) is 11.1 Å². The molecule has 1 atom stereocenters. The van der Waals surface area contributed by atoms with E-state index in [1.54, 1.807) is 56.5 Å². The van der Waals surface area contributed by atoms with Crippen LogP contribution < -0.4 is 19.9 Å². The van der Waals surface area contributed by atoms with Crippen LogP contribution in [-0.4, -0.2) is 22.9 Å². The summed E-state index contributed by atoms with van der Waals surface area (Å²) in [7, 11) is 3.61. The highest BCUT2D eigenvalue weighted by Gasteiger charge is 2.15. The van der Waals surface area contributed by atoms with Gasteiger partial charge in [-0.3, -0.25) is 4.79 Å². The van der Waals surface area contributed by atoms with Crippen molar-refractivity contribution >= 4 is 22.4 Å². The minimum Gasteiger partial charge on any atom is -0.454 e. The Hall–Kier alpha value is -3.46. The quantitative estimate of drug-likeness (QED) is 0.585. The van der Waals surface area contributed by atoms with Crippen LogP contribution in [0.2, 0.25) is 0 Å². The van der Waals surface area contributed by atoms with E-state index in [1.807, 2.05) is 0 Å². The van der Waals surface area contributed by atoms with E-state index in [0.29, 0.717) is 22.5 Å². The Kier molecular flexibility index (Phi) is 6.55. The van der Waals surface area contributed by atoms with Crippen molar-refractivity contribution in [2.75, 3.05) is 23.7 Å². The number of anilines is 2. The molecule has 1 N–H and O–H groups in total. The van der Waals surface area contributed by atoms with Crippen LogP contribution in [-0.2, 0) is 18.0 Å². The fraction of sp³-hybridized carbons (Fsp3) is 0.136. The summed E-state index contributed by atoms with van der Waals surface area (Å²) in [6.07, 6.45) is 1.62. The molecule has 6 nitrogen and oxygen atoms in total. The molecule has 162 valence electrons. The molecule has 3 rings (SSSR count). The Labute approximate surface area is 181 Å². The standard InChI is InChI=1S/C22H21F2N3O3S/c1-5-31(29)25-16-7-9-20(30-21-8-6-15(23)11-18(21)24)17(12-16)14-10-19(26(2)3)22(28)27(4)13-14/h5-13,25H,1H2,2-4H3. The van der Waals surface area contributed by atoms with Gasteiger partial charge in [-0.05, 0) is 36.4 Å². The van der Waals surface area contributed by atoms with E-state index < -0.39 is 22.6 Å². The smallest absolute Gasteiger partial charge is 0.273 e. The highest BCUT2D eigenvalue weighted by Crippen LogP contribution is 2.37. The lowest BCUT2D eigenvalue weighted by Crippen LogP contribution is -2.25. The number of aryl methyl sites for hydroxylation is 1. The van der Waals surface area contributed by atoms with E-state index in [2.05, 4.69) is 11.3 Å². The van der Waals surface area contributed by atoms with Gasteiger partial charge in [0.2, 0.25) is 0 Å². The van der Waals surface area contributed by atoms with Gasteiger partial charge in [0, 0.05) is 55.6 Å². The second kappa shape index (κ2) is 9.13. The molecule has 1 heterocycles. The van der Waals surface area contributed by atoms with Crippen LogP contribution in [0.1, 0.15) is 0 Å². The van der Waals surface area contributed by atoms with E-state index in [1.165, 1.54) is 16.0 Å². The predicted octanol–water partition coefficient (Wildman–Crippen LogP) is 4.41. The van der Waals surface area contributed by atoms with Gasteiger partial charge in [0.05, 0.1) is 0 Å². The molecule has 1 aromatic heterocycles. The van der Waals surface area contributed by atoms with Crippen molar-refractivity contribution in [3.8, 4) is 22.6 Å². The number of hydrogen-bond acceptors (Lipinski definition) is 4. The van der Waals surface area contributed by atoms with Crippen LogP contribution in [0.4, 0.5) is 20.2 Å². The van der Waals surface area contributed by atoms with Crippen molar-refractivity contribution in [3.63, 3.8) is 0 Å². The second-order valence-corrected chi connectivity index (χ2v) is 8.01. The fourth-order valence-corrected chi connectivity index (χ4v) is 3.35. The van der Waals surface area contributed by atoms with Crippen LogP contribution in [0.5, 0.6) is 11.5 Å². The Morgan fingerprint density at radius 2 is 1.84 bits per heavy atom. The molecule has 0 aliphatic carbocycles. The van der Waals surface area contributed by atoms with Crippen molar-refractivity contribution < 1.29 is 17.7 Å². The van der Waals surface area contributed by atoms with Gasteiger partial charge in [-0.2, -0.15) is 0 Å². The fourth-order valence-electron chi connectivity index (χ4n) is 2.90. The normalized spacial score (nSPS) is 11.6.